The number of piperazine rings is 1. The van der Waals surface area contributed by atoms with Gasteiger partial charge in [0.2, 0.25) is 15.9 Å². The van der Waals surface area contributed by atoms with Crippen LogP contribution in [0.15, 0.2) is 23.1 Å². The summed E-state index contributed by atoms with van der Waals surface area (Å²) in [5, 5.41) is 0. The number of hydrogen-bond acceptors (Lipinski definition) is 4. The first kappa shape index (κ1) is 21.8. The molecule has 0 aromatic heterocycles. The molecule has 30 heavy (non-hydrogen) atoms. The molecular weight excluding hydrogens is 398 g/mol. The van der Waals surface area contributed by atoms with Crippen molar-refractivity contribution in [1.29, 1.82) is 0 Å². The normalized spacial score (nSPS) is 26.4. The number of likely N-dealkylation sites (tertiary alicyclic amines) is 1. The summed E-state index contributed by atoms with van der Waals surface area (Å²) in [5.41, 5.74) is 1.73. The highest BCUT2D eigenvalue weighted by Crippen LogP contribution is 2.36. The smallest absolute Gasteiger partial charge is 0.243 e. The summed E-state index contributed by atoms with van der Waals surface area (Å²) in [6.07, 6.45) is 6.41. The summed E-state index contributed by atoms with van der Waals surface area (Å²) in [5.74, 6) is 1.72. The van der Waals surface area contributed by atoms with Gasteiger partial charge >= 0.3 is 0 Å². The van der Waals surface area contributed by atoms with E-state index in [0.29, 0.717) is 43.5 Å². The SMILES string of the molecule is Cc1ccc(C)c(S(=O)(=O)N2CCN(CC(=O)N3CC[C@H]4CCCC[C@H]4C3)CC2)c1. The average molecular weight is 434 g/mol. The first-order chi connectivity index (χ1) is 14.3. The van der Waals surface area contributed by atoms with Crippen molar-refractivity contribution in [3.63, 3.8) is 0 Å². The molecule has 0 radical (unpaired) electrons. The molecule has 1 aliphatic carbocycles. The van der Waals surface area contributed by atoms with E-state index < -0.39 is 10.0 Å². The van der Waals surface area contributed by atoms with Crippen LogP contribution in [0.25, 0.3) is 0 Å². The molecule has 2 atom stereocenters. The maximum Gasteiger partial charge on any atom is 0.243 e. The fraction of sp³-hybridized carbons (Fsp3) is 0.696. The lowest BCUT2D eigenvalue weighted by Crippen LogP contribution is -2.53. The minimum absolute atomic E-state index is 0.213. The highest BCUT2D eigenvalue weighted by molar-refractivity contribution is 7.89. The van der Waals surface area contributed by atoms with E-state index in [1.807, 2.05) is 26.0 Å². The van der Waals surface area contributed by atoms with Crippen LogP contribution in [0.3, 0.4) is 0 Å². The number of fused-ring (bicyclic) bond motifs is 1. The second-order valence-corrected chi connectivity index (χ2v) is 11.3. The van der Waals surface area contributed by atoms with Gasteiger partial charge in [0.1, 0.15) is 0 Å². The number of amides is 1. The van der Waals surface area contributed by atoms with Crippen molar-refractivity contribution < 1.29 is 13.2 Å². The molecule has 3 fully saturated rings. The Kier molecular flexibility index (Phi) is 6.51. The van der Waals surface area contributed by atoms with Gasteiger partial charge in [0, 0.05) is 39.3 Å². The van der Waals surface area contributed by atoms with E-state index in [4.69, 9.17) is 0 Å². The fourth-order valence-electron chi connectivity index (χ4n) is 5.37. The Morgan fingerprint density at radius 3 is 2.40 bits per heavy atom. The van der Waals surface area contributed by atoms with Crippen LogP contribution in [0.5, 0.6) is 0 Å². The molecule has 2 aliphatic heterocycles. The molecule has 166 valence electrons. The fourth-order valence-corrected chi connectivity index (χ4v) is 7.10. The van der Waals surface area contributed by atoms with Crippen molar-refractivity contribution in [2.45, 2.75) is 50.8 Å². The van der Waals surface area contributed by atoms with E-state index in [9.17, 15) is 13.2 Å². The van der Waals surface area contributed by atoms with Gasteiger partial charge in [-0.05, 0) is 55.7 Å². The van der Waals surface area contributed by atoms with Gasteiger partial charge in [-0.15, -0.1) is 0 Å². The molecule has 0 unspecified atom stereocenters. The third kappa shape index (κ3) is 4.58. The lowest BCUT2D eigenvalue weighted by molar-refractivity contribution is -0.135. The summed E-state index contributed by atoms with van der Waals surface area (Å²) in [7, 11) is -3.49. The number of rotatable bonds is 4. The van der Waals surface area contributed by atoms with Gasteiger partial charge in [-0.3, -0.25) is 9.69 Å². The van der Waals surface area contributed by atoms with E-state index in [0.717, 1.165) is 36.6 Å². The zero-order valence-corrected chi connectivity index (χ0v) is 19.2. The summed E-state index contributed by atoms with van der Waals surface area (Å²) >= 11 is 0. The van der Waals surface area contributed by atoms with Crippen LogP contribution < -0.4 is 0 Å². The Hall–Kier alpha value is -1.44. The number of benzene rings is 1. The Morgan fingerprint density at radius 1 is 0.967 bits per heavy atom. The molecule has 0 N–H and O–H groups in total. The molecule has 1 aromatic rings. The van der Waals surface area contributed by atoms with Crippen molar-refractivity contribution in [1.82, 2.24) is 14.1 Å². The second-order valence-electron chi connectivity index (χ2n) is 9.38. The molecule has 1 aromatic carbocycles. The topological polar surface area (TPSA) is 60.9 Å². The highest BCUT2D eigenvalue weighted by Gasteiger charge is 2.34. The standard InChI is InChI=1S/C23H35N3O3S/c1-18-7-8-19(2)22(15-18)30(28,29)26-13-11-24(12-14-26)17-23(27)25-10-9-20-5-3-4-6-21(20)16-25/h7-8,15,20-21H,3-6,9-14,16-17H2,1-2H3/t20-,21+/m1/s1. The van der Waals surface area contributed by atoms with Crippen molar-refractivity contribution in [3.8, 4) is 0 Å². The minimum Gasteiger partial charge on any atom is -0.341 e. The van der Waals surface area contributed by atoms with Gasteiger partial charge in [-0.2, -0.15) is 4.31 Å². The lowest BCUT2D eigenvalue weighted by Gasteiger charge is -2.42. The molecule has 2 heterocycles. The lowest BCUT2D eigenvalue weighted by atomic mass is 9.75. The van der Waals surface area contributed by atoms with Crippen molar-refractivity contribution in [2.75, 3.05) is 45.8 Å². The monoisotopic (exact) mass is 433 g/mol. The highest BCUT2D eigenvalue weighted by atomic mass is 32.2. The molecular formula is C23H35N3O3S. The third-order valence-electron chi connectivity index (χ3n) is 7.30. The van der Waals surface area contributed by atoms with Crippen LogP contribution in [0.2, 0.25) is 0 Å². The summed E-state index contributed by atoms with van der Waals surface area (Å²) in [6.45, 7) is 8.07. The maximum absolute atomic E-state index is 13.1. The van der Waals surface area contributed by atoms with Crippen molar-refractivity contribution >= 4 is 15.9 Å². The van der Waals surface area contributed by atoms with Crippen LogP contribution in [-0.2, 0) is 14.8 Å². The van der Waals surface area contributed by atoms with Crippen LogP contribution in [0, 0.1) is 25.7 Å². The Labute approximate surface area is 181 Å². The van der Waals surface area contributed by atoms with E-state index in [1.165, 1.54) is 25.7 Å². The molecule has 6 nitrogen and oxygen atoms in total. The quantitative estimate of drug-likeness (QED) is 0.732. The number of sulfonamides is 1. The van der Waals surface area contributed by atoms with Crippen molar-refractivity contribution in [2.24, 2.45) is 11.8 Å². The third-order valence-corrected chi connectivity index (χ3v) is 9.34. The van der Waals surface area contributed by atoms with Gasteiger partial charge < -0.3 is 4.90 Å². The predicted octanol–water partition coefficient (Wildman–Crippen LogP) is 2.65. The average Bonchev–Trinajstić information content (AvgIpc) is 2.75. The summed E-state index contributed by atoms with van der Waals surface area (Å²) in [4.78, 5) is 17.5. The predicted molar refractivity (Wildman–Crippen MR) is 118 cm³/mol. The largest absolute Gasteiger partial charge is 0.341 e. The van der Waals surface area contributed by atoms with E-state index in [2.05, 4.69) is 9.80 Å². The first-order valence-corrected chi connectivity index (χ1v) is 12.9. The maximum atomic E-state index is 13.1. The Morgan fingerprint density at radius 2 is 1.67 bits per heavy atom. The Bertz CT molecular complexity index is 878. The number of carbonyl (C=O) groups excluding carboxylic acids is 1. The van der Waals surface area contributed by atoms with Crippen LogP contribution in [-0.4, -0.2) is 74.2 Å². The molecule has 0 bridgehead atoms. The summed E-state index contributed by atoms with van der Waals surface area (Å²) < 4.78 is 27.8. The van der Waals surface area contributed by atoms with Gasteiger partial charge in [0.15, 0.2) is 0 Å². The Balaban J connectivity index is 1.31. The summed E-state index contributed by atoms with van der Waals surface area (Å²) in [6, 6.07) is 5.57. The van der Waals surface area contributed by atoms with Crippen LogP contribution >= 0.6 is 0 Å². The van der Waals surface area contributed by atoms with Gasteiger partial charge in [0.05, 0.1) is 11.4 Å². The van der Waals surface area contributed by atoms with Crippen LogP contribution in [0.4, 0.5) is 0 Å². The first-order valence-electron chi connectivity index (χ1n) is 11.4. The molecule has 1 amide bonds. The van der Waals surface area contributed by atoms with Gasteiger partial charge in [0.25, 0.3) is 0 Å². The van der Waals surface area contributed by atoms with Gasteiger partial charge in [-0.25, -0.2) is 8.42 Å². The number of carbonyl (C=O) groups is 1. The number of piperidine rings is 1. The van der Waals surface area contributed by atoms with E-state index in [1.54, 1.807) is 10.4 Å². The zero-order valence-electron chi connectivity index (χ0n) is 18.3. The molecule has 3 aliphatic rings. The van der Waals surface area contributed by atoms with Gasteiger partial charge in [-0.1, -0.05) is 31.4 Å². The van der Waals surface area contributed by atoms with Crippen LogP contribution in [0.1, 0.15) is 43.2 Å². The number of hydrogen-bond donors (Lipinski definition) is 0. The number of nitrogens with zero attached hydrogens (tertiary/aromatic N) is 3. The second kappa shape index (κ2) is 8.97. The van der Waals surface area contributed by atoms with E-state index in [-0.39, 0.29) is 5.91 Å². The molecule has 4 rings (SSSR count). The molecule has 7 heteroatoms. The van der Waals surface area contributed by atoms with E-state index >= 15 is 0 Å². The molecule has 1 saturated carbocycles. The molecule has 0 spiro atoms. The molecule has 2 saturated heterocycles. The van der Waals surface area contributed by atoms with Crippen molar-refractivity contribution in [3.05, 3.63) is 29.3 Å². The minimum atomic E-state index is -3.49. The number of aryl methyl sites for hydroxylation is 2. The zero-order chi connectivity index (χ0) is 21.3.